The zero-order valence-electron chi connectivity index (χ0n) is 15.6. The molecule has 5 rings (SSSR count). The largest absolute Gasteiger partial charge is 0.378 e. The summed E-state index contributed by atoms with van der Waals surface area (Å²) in [6, 6.07) is 14.9. The van der Waals surface area contributed by atoms with Crippen LogP contribution in [-0.4, -0.2) is 37.1 Å². The van der Waals surface area contributed by atoms with Crippen molar-refractivity contribution >= 4 is 27.5 Å². The highest BCUT2D eigenvalue weighted by atomic mass is 79.9. The quantitative estimate of drug-likeness (QED) is 0.687. The molecular formula is C23H23BrN2O2. The summed E-state index contributed by atoms with van der Waals surface area (Å²) in [5.74, 6) is 0.924. The summed E-state index contributed by atoms with van der Waals surface area (Å²) in [5.41, 5.74) is 4.28. The van der Waals surface area contributed by atoms with Crippen molar-refractivity contribution in [3.05, 3.63) is 75.8 Å². The number of morpholine rings is 1. The lowest BCUT2D eigenvalue weighted by molar-refractivity contribution is 0.0303. The van der Waals surface area contributed by atoms with Gasteiger partial charge in [0.25, 0.3) is 5.91 Å². The van der Waals surface area contributed by atoms with Gasteiger partial charge in [0.1, 0.15) is 0 Å². The minimum Gasteiger partial charge on any atom is -0.378 e. The molecule has 4 nitrogen and oxygen atoms in total. The van der Waals surface area contributed by atoms with Gasteiger partial charge in [-0.3, -0.25) is 4.79 Å². The Balaban J connectivity index is 1.55. The molecular weight excluding hydrogens is 416 g/mol. The number of anilines is 1. The van der Waals surface area contributed by atoms with Crippen molar-refractivity contribution in [2.75, 3.05) is 31.6 Å². The Labute approximate surface area is 173 Å². The van der Waals surface area contributed by atoms with Crippen molar-refractivity contribution in [1.82, 2.24) is 4.90 Å². The third kappa shape index (κ3) is 3.07. The third-order valence-corrected chi connectivity index (χ3v) is 6.68. The molecule has 3 unspecified atom stereocenters. The van der Waals surface area contributed by atoms with Crippen LogP contribution >= 0.6 is 15.9 Å². The van der Waals surface area contributed by atoms with Crippen molar-refractivity contribution in [3.63, 3.8) is 0 Å². The van der Waals surface area contributed by atoms with Crippen molar-refractivity contribution in [1.29, 1.82) is 0 Å². The first kappa shape index (κ1) is 18.0. The van der Waals surface area contributed by atoms with Gasteiger partial charge in [0, 0.05) is 23.5 Å². The number of carbonyl (C=O) groups excluding carboxylic acids is 1. The second-order valence-corrected chi connectivity index (χ2v) is 8.62. The van der Waals surface area contributed by atoms with Gasteiger partial charge in [-0.15, -0.1) is 0 Å². The van der Waals surface area contributed by atoms with Gasteiger partial charge in [0.2, 0.25) is 0 Å². The minimum atomic E-state index is 0.0997. The van der Waals surface area contributed by atoms with E-state index in [2.05, 4.69) is 63.7 Å². The molecule has 3 aliphatic rings. The molecule has 1 N–H and O–H groups in total. The number of halogens is 1. The first-order chi connectivity index (χ1) is 13.7. The van der Waals surface area contributed by atoms with E-state index in [0.717, 1.165) is 22.1 Å². The SMILES string of the molecule is O=C(c1cccc2c1NC(c1ccc(Br)cc1)C1CC=CC21)N1CCOCC1. The Morgan fingerprint density at radius 2 is 1.89 bits per heavy atom. The summed E-state index contributed by atoms with van der Waals surface area (Å²) >= 11 is 3.53. The van der Waals surface area contributed by atoms with E-state index in [4.69, 9.17) is 4.74 Å². The normalized spacial score (nSPS) is 25.8. The molecule has 2 aliphatic heterocycles. The topological polar surface area (TPSA) is 41.6 Å². The summed E-state index contributed by atoms with van der Waals surface area (Å²) < 4.78 is 6.50. The number of nitrogens with zero attached hydrogens (tertiary/aromatic N) is 1. The molecule has 1 aliphatic carbocycles. The fraction of sp³-hybridized carbons (Fsp3) is 0.348. The molecule has 0 bridgehead atoms. The molecule has 1 fully saturated rings. The summed E-state index contributed by atoms with van der Waals surface area (Å²) in [7, 11) is 0. The lowest BCUT2D eigenvalue weighted by Gasteiger charge is -2.39. The van der Waals surface area contributed by atoms with E-state index in [-0.39, 0.29) is 11.9 Å². The molecule has 0 spiro atoms. The molecule has 0 aromatic heterocycles. The highest BCUT2D eigenvalue weighted by Crippen LogP contribution is 2.50. The van der Waals surface area contributed by atoms with Gasteiger partial charge in [-0.2, -0.15) is 0 Å². The van der Waals surface area contributed by atoms with Crippen LogP contribution in [0.3, 0.4) is 0 Å². The zero-order chi connectivity index (χ0) is 19.1. The maximum Gasteiger partial charge on any atom is 0.256 e. The number of benzene rings is 2. The van der Waals surface area contributed by atoms with Crippen molar-refractivity contribution in [3.8, 4) is 0 Å². The van der Waals surface area contributed by atoms with Crippen molar-refractivity contribution < 1.29 is 9.53 Å². The van der Waals surface area contributed by atoms with E-state index in [1.165, 1.54) is 11.1 Å². The summed E-state index contributed by atoms with van der Waals surface area (Å²) in [4.78, 5) is 15.2. The molecule has 28 heavy (non-hydrogen) atoms. The zero-order valence-corrected chi connectivity index (χ0v) is 17.2. The first-order valence-corrected chi connectivity index (χ1v) is 10.7. The second kappa shape index (κ2) is 7.37. The number of hydrogen-bond acceptors (Lipinski definition) is 3. The van der Waals surface area contributed by atoms with Crippen LogP contribution in [0.1, 0.15) is 39.9 Å². The molecule has 3 atom stereocenters. The third-order valence-electron chi connectivity index (χ3n) is 6.15. The van der Waals surface area contributed by atoms with Crippen LogP contribution in [0.2, 0.25) is 0 Å². The first-order valence-electron chi connectivity index (χ1n) is 9.91. The standard InChI is InChI=1S/C23H23BrN2O2/c24-16-9-7-15(8-10-16)21-18-4-1-3-17(18)19-5-2-6-20(22(19)25-21)23(27)26-11-13-28-14-12-26/h1-3,5-10,17-18,21,25H,4,11-14H2. The monoisotopic (exact) mass is 438 g/mol. The molecule has 2 heterocycles. The van der Waals surface area contributed by atoms with Crippen molar-refractivity contribution in [2.45, 2.75) is 18.4 Å². The van der Waals surface area contributed by atoms with Crippen molar-refractivity contribution in [2.24, 2.45) is 5.92 Å². The molecule has 2 aromatic rings. The lowest BCUT2D eigenvalue weighted by Crippen LogP contribution is -2.41. The summed E-state index contributed by atoms with van der Waals surface area (Å²) in [6.45, 7) is 2.54. The Kier molecular flexibility index (Phi) is 4.73. The number of rotatable bonds is 2. The number of fused-ring (bicyclic) bond motifs is 3. The number of ether oxygens (including phenoxy) is 1. The van der Waals surface area contributed by atoms with Crippen LogP contribution in [-0.2, 0) is 4.74 Å². The Bertz CT molecular complexity index is 919. The van der Waals surface area contributed by atoms with Gasteiger partial charge in [0.15, 0.2) is 0 Å². The highest BCUT2D eigenvalue weighted by molar-refractivity contribution is 9.10. The van der Waals surface area contributed by atoms with Crippen LogP contribution in [0, 0.1) is 5.92 Å². The predicted octanol–water partition coefficient (Wildman–Crippen LogP) is 4.75. The molecule has 2 aromatic carbocycles. The minimum absolute atomic E-state index is 0.0997. The van der Waals surface area contributed by atoms with Crippen LogP contribution in [0.4, 0.5) is 5.69 Å². The molecule has 144 valence electrons. The molecule has 0 saturated carbocycles. The Morgan fingerprint density at radius 3 is 2.68 bits per heavy atom. The number of amides is 1. The van der Waals surface area contributed by atoms with E-state index in [9.17, 15) is 4.79 Å². The Hall–Kier alpha value is -2.11. The maximum absolute atomic E-state index is 13.3. The maximum atomic E-state index is 13.3. The smallest absolute Gasteiger partial charge is 0.256 e. The summed E-state index contributed by atoms with van der Waals surface area (Å²) in [6.07, 6.45) is 5.66. The van der Waals surface area contributed by atoms with Gasteiger partial charge < -0.3 is 15.0 Å². The number of para-hydroxylation sites is 1. The van der Waals surface area contributed by atoms with E-state index < -0.39 is 0 Å². The van der Waals surface area contributed by atoms with Gasteiger partial charge in [-0.05, 0) is 41.7 Å². The van der Waals surface area contributed by atoms with Crippen LogP contribution in [0.25, 0.3) is 0 Å². The van der Waals surface area contributed by atoms with Gasteiger partial charge >= 0.3 is 0 Å². The average molecular weight is 439 g/mol. The summed E-state index contributed by atoms with van der Waals surface area (Å²) in [5, 5.41) is 3.76. The Morgan fingerprint density at radius 1 is 1.11 bits per heavy atom. The second-order valence-electron chi connectivity index (χ2n) is 7.70. The average Bonchev–Trinajstić information content (AvgIpc) is 3.24. The van der Waals surface area contributed by atoms with Crippen LogP contribution in [0.5, 0.6) is 0 Å². The number of hydrogen-bond donors (Lipinski definition) is 1. The van der Waals surface area contributed by atoms with E-state index in [0.29, 0.717) is 38.1 Å². The van der Waals surface area contributed by atoms with E-state index in [1.54, 1.807) is 0 Å². The van der Waals surface area contributed by atoms with E-state index in [1.807, 2.05) is 17.0 Å². The number of carbonyl (C=O) groups is 1. The molecule has 1 amide bonds. The van der Waals surface area contributed by atoms with E-state index >= 15 is 0 Å². The number of nitrogens with one attached hydrogen (secondary N) is 1. The fourth-order valence-electron chi connectivity index (χ4n) is 4.74. The fourth-order valence-corrected chi connectivity index (χ4v) is 5.00. The van der Waals surface area contributed by atoms with Gasteiger partial charge in [0.05, 0.1) is 30.5 Å². The molecule has 5 heteroatoms. The van der Waals surface area contributed by atoms with Crippen LogP contribution in [0.15, 0.2) is 59.1 Å². The van der Waals surface area contributed by atoms with Crippen LogP contribution < -0.4 is 5.32 Å². The predicted molar refractivity (Wildman–Crippen MR) is 114 cm³/mol. The lowest BCUT2D eigenvalue weighted by atomic mass is 9.76. The van der Waals surface area contributed by atoms with Gasteiger partial charge in [-0.25, -0.2) is 0 Å². The molecule has 1 saturated heterocycles. The van der Waals surface area contributed by atoms with Gasteiger partial charge in [-0.1, -0.05) is 52.3 Å². The highest BCUT2D eigenvalue weighted by Gasteiger charge is 2.39. The number of allylic oxidation sites excluding steroid dienone is 2. The molecule has 0 radical (unpaired) electrons.